The molecule has 0 fully saturated rings. The maximum Gasteiger partial charge on any atom is 0.339 e. The molecule has 12 heavy (non-hydrogen) atoms. The van der Waals surface area contributed by atoms with Crippen molar-refractivity contribution in [2.45, 2.75) is 13.8 Å². The lowest BCUT2D eigenvalue weighted by atomic mass is 10.2. The number of esters is 1. The molecule has 1 rings (SSSR count). The van der Waals surface area contributed by atoms with E-state index in [1.165, 1.54) is 0 Å². The highest BCUT2D eigenvalue weighted by atomic mass is 127. The average molecular weight is 296 g/mol. The van der Waals surface area contributed by atoms with Gasteiger partial charge in [-0.2, -0.15) is 0 Å². The number of ether oxygens (including phenoxy) is 1. The van der Waals surface area contributed by atoms with Crippen molar-refractivity contribution in [3.8, 4) is 0 Å². The Morgan fingerprint density at radius 1 is 1.75 bits per heavy atom. The topological polar surface area (TPSA) is 26.3 Å². The van der Waals surface area contributed by atoms with Crippen LogP contribution in [-0.2, 0) is 4.74 Å². The first-order valence-electron chi connectivity index (χ1n) is 3.57. The Morgan fingerprint density at radius 2 is 2.42 bits per heavy atom. The van der Waals surface area contributed by atoms with Crippen LogP contribution < -0.4 is 0 Å². The van der Waals surface area contributed by atoms with Crippen molar-refractivity contribution in [1.82, 2.24) is 0 Å². The molecule has 0 radical (unpaired) electrons. The highest BCUT2D eigenvalue weighted by Crippen LogP contribution is 2.23. The molecule has 0 amide bonds. The third kappa shape index (κ3) is 1.98. The first-order valence-corrected chi connectivity index (χ1v) is 5.53. The van der Waals surface area contributed by atoms with Gasteiger partial charge in [0.05, 0.1) is 15.1 Å². The van der Waals surface area contributed by atoms with Crippen LogP contribution >= 0.6 is 33.9 Å². The van der Waals surface area contributed by atoms with Gasteiger partial charge in [0.1, 0.15) is 0 Å². The highest BCUT2D eigenvalue weighted by molar-refractivity contribution is 14.1. The second-order valence-electron chi connectivity index (χ2n) is 2.27. The van der Waals surface area contributed by atoms with E-state index in [9.17, 15) is 4.79 Å². The fraction of sp³-hybridized carbons (Fsp3) is 0.375. The van der Waals surface area contributed by atoms with E-state index in [-0.39, 0.29) is 5.97 Å². The largest absolute Gasteiger partial charge is 0.462 e. The standard InChI is InChI=1S/C8H9IO2S/c1-3-11-8(10)6-4-12-7(9)5(6)2/h4H,3H2,1-2H3. The third-order valence-electron chi connectivity index (χ3n) is 1.47. The molecule has 2 nitrogen and oxygen atoms in total. The number of hydrogen-bond donors (Lipinski definition) is 0. The van der Waals surface area contributed by atoms with Gasteiger partial charge in [-0.1, -0.05) is 0 Å². The highest BCUT2D eigenvalue weighted by Gasteiger charge is 2.13. The maximum atomic E-state index is 11.3. The van der Waals surface area contributed by atoms with Crippen LogP contribution in [0.4, 0.5) is 0 Å². The second-order valence-corrected chi connectivity index (χ2v) is 4.96. The van der Waals surface area contributed by atoms with Crippen molar-refractivity contribution in [2.24, 2.45) is 0 Å². The number of hydrogen-bond acceptors (Lipinski definition) is 3. The van der Waals surface area contributed by atoms with Crippen molar-refractivity contribution in [3.63, 3.8) is 0 Å². The minimum absolute atomic E-state index is 0.214. The van der Waals surface area contributed by atoms with Crippen LogP contribution in [0.2, 0.25) is 0 Å². The molecular weight excluding hydrogens is 287 g/mol. The van der Waals surface area contributed by atoms with E-state index in [1.807, 2.05) is 19.2 Å². The number of halogens is 1. The molecule has 66 valence electrons. The molecule has 1 aromatic heterocycles. The van der Waals surface area contributed by atoms with E-state index in [0.717, 1.165) is 8.45 Å². The van der Waals surface area contributed by atoms with E-state index in [2.05, 4.69) is 22.6 Å². The normalized spacial score (nSPS) is 9.92. The van der Waals surface area contributed by atoms with Gasteiger partial charge in [-0.3, -0.25) is 0 Å². The van der Waals surface area contributed by atoms with Crippen molar-refractivity contribution in [3.05, 3.63) is 19.4 Å². The predicted octanol–water partition coefficient (Wildman–Crippen LogP) is 2.84. The molecule has 0 aliphatic heterocycles. The van der Waals surface area contributed by atoms with Crippen molar-refractivity contribution in [1.29, 1.82) is 0 Å². The Labute approximate surface area is 89.1 Å². The summed E-state index contributed by atoms with van der Waals surface area (Å²) in [6.45, 7) is 4.18. The first-order chi connectivity index (χ1) is 5.66. The molecular formula is C8H9IO2S. The van der Waals surface area contributed by atoms with E-state index in [0.29, 0.717) is 12.2 Å². The summed E-state index contributed by atoms with van der Waals surface area (Å²) >= 11 is 3.79. The lowest BCUT2D eigenvalue weighted by Gasteiger charge is -1.99. The molecule has 0 unspecified atom stereocenters. The van der Waals surface area contributed by atoms with Gasteiger partial charge in [-0.05, 0) is 42.0 Å². The van der Waals surface area contributed by atoms with Crippen LogP contribution in [0.25, 0.3) is 0 Å². The number of rotatable bonds is 2. The predicted molar refractivity (Wildman–Crippen MR) is 57.7 cm³/mol. The Bertz CT molecular complexity index is 293. The van der Waals surface area contributed by atoms with Crippen molar-refractivity contribution in [2.75, 3.05) is 6.61 Å². The lowest BCUT2D eigenvalue weighted by molar-refractivity contribution is 0.0526. The van der Waals surface area contributed by atoms with E-state index < -0.39 is 0 Å². The number of carbonyl (C=O) groups is 1. The molecule has 0 spiro atoms. The van der Waals surface area contributed by atoms with Gasteiger partial charge in [0.2, 0.25) is 0 Å². The smallest absolute Gasteiger partial charge is 0.339 e. The van der Waals surface area contributed by atoms with Crippen molar-refractivity contribution < 1.29 is 9.53 Å². The number of carbonyl (C=O) groups excluding carboxylic acids is 1. The van der Waals surface area contributed by atoms with E-state index in [4.69, 9.17) is 4.74 Å². The molecule has 0 aliphatic carbocycles. The zero-order valence-corrected chi connectivity index (χ0v) is 9.86. The Hall–Kier alpha value is -0.100. The minimum Gasteiger partial charge on any atom is -0.462 e. The maximum absolute atomic E-state index is 11.3. The summed E-state index contributed by atoms with van der Waals surface area (Å²) in [5.41, 5.74) is 1.73. The molecule has 0 atom stereocenters. The first kappa shape index (κ1) is 9.98. The second kappa shape index (κ2) is 4.23. The molecule has 0 aliphatic rings. The van der Waals surface area contributed by atoms with Gasteiger partial charge in [0.25, 0.3) is 0 Å². The molecule has 1 aromatic rings. The van der Waals surface area contributed by atoms with Gasteiger partial charge in [0.15, 0.2) is 0 Å². The summed E-state index contributed by atoms with van der Waals surface area (Å²) in [5.74, 6) is -0.214. The quantitative estimate of drug-likeness (QED) is 0.619. The third-order valence-corrected chi connectivity index (χ3v) is 3.91. The van der Waals surface area contributed by atoms with Crippen LogP contribution in [0.15, 0.2) is 5.38 Å². The van der Waals surface area contributed by atoms with Crippen LogP contribution in [0, 0.1) is 9.81 Å². The van der Waals surface area contributed by atoms with Crippen LogP contribution in [0.5, 0.6) is 0 Å². The van der Waals surface area contributed by atoms with Gasteiger partial charge >= 0.3 is 5.97 Å². The van der Waals surface area contributed by atoms with E-state index in [1.54, 1.807) is 11.3 Å². The summed E-state index contributed by atoms with van der Waals surface area (Å²) in [4.78, 5) is 11.3. The molecule has 0 aromatic carbocycles. The SMILES string of the molecule is CCOC(=O)c1csc(I)c1C. The Balaban J connectivity index is 2.88. The zero-order chi connectivity index (χ0) is 9.14. The summed E-state index contributed by atoms with van der Waals surface area (Å²) in [6.07, 6.45) is 0. The van der Waals surface area contributed by atoms with Gasteiger partial charge in [-0.15, -0.1) is 11.3 Å². The summed E-state index contributed by atoms with van der Waals surface area (Å²) in [7, 11) is 0. The summed E-state index contributed by atoms with van der Waals surface area (Å²) in [6, 6.07) is 0. The minimum atomic E-state index is -0.214. The molecule has 0 bridgehead atoms. The van der Waals surface area contributed by atoms with E-state index >= 15 is 0 Å². The van der Waals surface area contributed by atoms with Crippen LogP contribution in [0.1, 0.15) is 22.8 Å². The molecule has 0 saturated carbocycles. The van der Waals surface area contributed by atoms with Gasteiger partial charge < -0.3 is 4.74 Å². The van der Waals surface area contributed by atoms with Crippen LogP contribution in [-0.4, -0.2) is 12.6 Å². The average Bonchev–Trinajstić information content (AvgIpc) is 2.34. The fourth-order valence-electron chi connectivity index (χ4n) is 0.803. The summed E-state index contributed by atoms with van der Waals surface area (Å²) < 4.78 is 6.04. The number of thiophene rings is 1. The van der Waals surface area contributed by atoms with Gasteiger partial charge in [-0.25, -0.2) is 4.79 Å². The fourth-order valence-corrected chi connectivity index (χ4v) is 2.26. The van der Waals surface area contributed by atoms with Crippen LogP contribution in [0.3, 0.4) is 0 Å². The van der Waals surface area contributed by atoms with Crippen molar-refractivity contribution >= 4 is 39.9 Å². The molecule has 4 heteroatoms. The monoisotopic (exact) mass is 296 g/mol. The molecule has 0 N–H and O–H groups in total. The zero-order valence-electron chi connectivity index (χ0n) is 6.89. The Kier molecular flexibility index (Phi) is 3.52. The molecule has 0 saturated heterocycles. The summed E-state index contributed by atoms with van der Waals surface area (Å²) in [5, 5.41) is 1.84. The molecule has 1 heterocycles. The Morgan fingerprint density at radius 3 is 2.83 bits per heavy atom. The van der Waals surface area contributed by atoms with Gasteiger partial charge in [0, 0.05) is 5.38 Å². The lowest BCUT2D eigenvalue weighted by Crippen LogP contribution is -2.04.